The number of hydrogen-bond donors (Lipinski definition) is 0. The van der Waals surface area contributed by atoms with Gasteiger partial charge in [0.2, 0.25) is 11.0 Å². The summed E-state index contributed by atoms with van der Waals surface area (Å²) in [6.45, 7) is 5.96. The Morgan fingerprint density at radius 3 is 2.79 bits per heavy atom. The maximum absolute atomic E-state index is 13.7. The lowest BCUT2D eigenvalue weighted by Gasteiger charge is -2.29. The van der Waals surface area contributed by atoms with Crippen molar-refractivity contribution in [2.45, 2.75) is 19.9 Å². The summed E-state index contributed by atoms with van der Waals surface area (Å²) in [4.78, 5) is 16.2. The summed E-state index contributed by atoms with van der Waals surface area (Å²) in [6, 6.07) is 6.57. The first-order chi connectivity index (χ1) is 11.5. The molecule has 0 saturated carbocycles. The molecule has 126 valence electrons. The molecule has 0 radical (unpaired) electrons. The molecule has 3 heterocycles. The number of nitrogens with zero attached hydrogens (tertiary/aromatic N) is 4. The molecular weight excluding hydrogens is 327 g/mol. The average molecular weight is 346 g/mol. The Balaban J connectivity index is 1.64. The summed E-state index contributed by atoms with van der Waals surface area (Å²) in [6.07, 6.45) is 0. The summed E-state index contributed by atoms with van der Waals surface area (Å²) < 4.78 is 13.7. The van der Waals surface area contributed by atoms with Crippen LogP contribution >= 0.6 is 11.3 Å². The van der Waals surface area contributed by atoms with Crippen molar-refractivity contribution in [2.24, 2.45) is 11.8 Å². The lowest BCUT2D eigenvalue weighted by molar-refractivity contribution is -0.130. The van der Waals surface area contributed by atoms with E-state index >= 15 is 0 Å². The molecule has 0 bridgehead atoms. The molecule has 5 nitrogen and oxygen atoms in total. The van der Waals surface area contributed by atoms with Crippen LogP contribution in [0.2, 0.25) is 0 Å². The normalized spacial score (nSPS) is 26.0. The van der Waals surface area contributed by atoms with E-state index in [1.165, 1.54) is 6.07 Å². The number of carbonyl (C=O) groups excluding carboxylic acids is 1. The van der Waals surface area contributed by atoms with Crippen molar-refractivity contribution in [1.82, 2.24) is 15.1 Å². The highest BCUT2D eigenvalue weighted by atomic mass is 32.1. The van der Waals surface area contributed by atoms with Gasteiger partial charge >= 0.3 is 0 Å². The van der Waals surface area contributed by atoms with Crippen LogP contribution < -0.4 is 4.90 Å². The number of aryl methyl sites for hydroxylation is 1. The van der Waals surface area contributed by atoms with E-state index in [0.717, 1.165) is 35.3 Å². The fourth-order valence-electron chi connectivity index (χ4n) is 4.06. The topological polar surface area (TPSA) is 49.3 Å². The standard InChI is InChI=1S/C17H19FN4OS/c1-10-19-20-17(24-10)21-7-13-8-22(11(2)23)16(15(13)9-21)12-4-3-5-14(18)6-12/h3-6,13,15-16H,7-9H2,1-2H3/t13-,15-,16+/m1/s1. The molecule has 2 fully saturated rings. The van der Waals surface area contributed by atoms with Gasteiger partial charge in [0, 0.05) is 38.4 Å². The van der Waals surface area contributed by atoms with Gasteiger partial charge in [-0.1, -0.05) is 23.5 Å². The van der Waals surface area contributed by atoms with E-state index in [1.54, 1.807) is 30.4 Å². The van der Waals surface area contributed by atoms with E-state index in [0.29, 0.717) is 11.8 Å². The zero-order chi connectivity index (χ0) is 16.8. The first-order valence-corrected chi connectivity index (χ1v) is 8.92. The van der Waals surface area contributed by atoms with Crippen molar-refractivity contribution < 1.29 is 9.18 Å². The zero-order valence-electron chi connectivity index (χ0n) is 13.6. The molecular formula is C17H19FN4OS. The largest absolute Gasteiger partial charge is 0.346 e. The molecule has 1 aromatic heterocycles. The summed E-state index contributed by atoms with van der Waals surface area (Å²) in [5.41, 5.74) is 0.882. The third-order valence-corrected chi connectivity index (χ3v) is 5.94. The van der Waals surface area contributed by atoms with Gasteiger partial charge in [0.15, 0.2) is 0 Å². The Morgan fingerprint density at radius 1 is 1.29 bits per heavy atom. The predicted molar refractivity (Wildman–Crippen MR) is 90.4 cm³/mol. The number of carbonyl (C=O) groups is 1. The molecule has 1 amide bonds. The van der Waals surface area contributed by atoms with Gasteiger partial charge in [-0.2, -0.15) is 0 Å². The van der Waals surface area contributed by atoms with Crippen molar-refractivity contribution in [2.75, 3.05) is 24.5 Å². The van der Waals surface area contributed by atoms with Crippen LogP contribution in [0.1, 0.15) is 23.5 Å². The van der Waals surface area contributed by atoms with Crippen molar-refractivity contribution in [1.29, 1.82) is 0 Å². The van der Waals surface area contributed by atoms with Gasteiger partial charge in [0.05, 0.1) is 6.04 Å². The van der Waals surface area contributed by atoms with Crippen LogP contribution in [0.5, 0.6) is 0 Å². The first kappa shape index (κ1) is 15.5. The van der Waals surface area contributed by atoms with Crippen LogP contribution in [0.4, 0.5) is 9.52 Å². The smallest absolute Gasteiger partial charge is 0.219 e. The highest BCUT2D eigenvalue weighted by molar-refractivity contribution is 7.15. The second-order valence-electron chi connectivity index (χ2n) is 6.60. The van der Waals surface area contributed by atoms with Crippen LogP contribution in [0.3, 0.4) is 0 Å². The molecule has 2 saturated heterocycles. The molecule has 2 aliphatic rings. The Bertz CT molecular complexity index is 779. The summed E-state index contributed by atoms with van der Waals surface area (Å²) in [5.74, 6) is 0.470. The predicted octanol–water partition coefficient (Wildman–Crippen LogP) is 2.64. The molecule has 7 heteroatoms. The highest BCUT2D eigenvalue weighted by Gasteiger charge is 2.49. The maximum atomic E-state index is 13.7. The number of amides is 1. The quantitative estimate of drug-likeness (QED) is 0.839. The van der Waals surface area contributed by atoms with Gasteiger partial charge in [-0.15, -0.1) is 10.2 Å². The van der Waals surface area contributed by atoms with E-state index in [-0.39, 0.29) is 17.8 Å². The SMILES string of the molecule is CC(=O)N1C[C@H]2CN(c3nnc(C)s3)C[C@H]2[C@@H]1c1cccc(F)c1. The van der Waals surface area contributed by atoms with E-state index in [4.69, 9.17) is 0 Å². The van der Waals surface area contributed by atoms with Gasteiger partial charge in [-0.05, 0) is 24.6 Å². The zero-order valence-corrected chi connectivity index (χ0v) is 14.5. The molecule has 0 unspecified atom stereocenters. The second-order valence-corrected chi connectivity index (χ2v) is 7.76. The minimum atomic E-state index is -0.256. The van der Waals surface area contributed by atoms with Crippen LogP contribution in [-0.2, 0) is 4.79 Å². The van der Waals surface area contributed by atoms with Crippen molar-refractivity contribution in [3.8, 4) is 0 Å². The highest BCUT2D eigenvalue weighted by Crippen LogP contribution is 2.46. The summed E-state index contributed by atoms with van der Waals surface area (Å²) in [7, 11) is 0. The molecule has 3 atom stereocenters. The van der Waals surface area contributed by atoms with E-state index in [2.05, 4.69) is 15.1 Å². The third-order valence-electron chi connectivity index (χ3n) is 5.04. The van der Waals surface area contributed by atoms with Gasteiger partial charge in [-0.3, -0.25) is 4.79 Å². The van der Waals surface area contributed by atoms with Crippen LogP contribution in [0, 0.1) is 24.6 Å². The molecule has 2 aromatic rings. The van der Waals surface area contributed by atoms with Gasteiger partial charge in [0.1, 0.15) is 10.8 Å². The Hall–Kier alpha value is -2.02. The lowest BCUT2D eigenvalue weighted by atomic mass is 9.89. The Morgan fingerprint density at radius 2 is 2.12 bits per heavy atom. The van der Waals surface area contributed by atoms with Crippen LogP contribution in [0.25, 0.3) is 0 Å². The number of fused-ring (bicyclic) bond motifs is 1. The van der Waals surface area contributed by atoms with E-state index in [9.17, 15) is 9.18 Å². The van der Waals surface area contributed by atoms with Gasteiger partial charge in [0.25, 0.3) is 0 Å². The average Bonchev–Trinajstić information content (AvgIpc) is 3.19. The Labute approximate surface area is 144 Å². The maximum Gasteiger partial charge on any atom is 0.219 e. The summed E-state index contributed by atoms with van der Waals surface area (Å²) in [5, 5.41) is 10.2. The van der Waals surface area contributed by atoms with Gasteiger partial charge in [-0.25, -0.2) is 4.39 Å². The monoisotopic (exact) mass is 346 g/mol. The number of aromatic nitrogens is 2. The molecule has 24 heavy (non-hydrogen) atoms. The van der Waals surface area contributed by atoms with Crippen molar-refractivity contribution >= 4 is 22.4 Å². The van der Waals surface area contributed by atoms with Crippen LogP contribution in [-0.4, -0.2) is 40.6 Å². The fraction of sp³-hybridized carbons (Fsp3) is 0.471. The first-order valence-electron chi connectivity index (χ1n) is 8.10. The van der Waals surface area contributed by atoms with E-state index in [1.807, 2.05) is 17.9 Å². The summed E-state index contributed by atoms with van der Waals surface area (Å²) >= 11 is 1.59. The van der Waals surface area contributed by atoms with E-state index < -0.39 is 0 Å². The van der Waals surface area contributed by atoms with Gasteiger partial charge < -0.3 is 9.80 Å². The molecule has 1 aromatic carbocycles. The number of halogens is 1. The van der Waals surface area contributed by atoms with Crippen molar-refractivity contribution in [3.05, 3.63) is 40.7 Å². The second kappa shape index (κ2) is 5.81. The minimum absolute atomic E-state index is 0.0528. The molecule has 0 aliphatic carbocycles. The number of benzene rings is 1. The number of rotatable bonds is 2. The van der Waals surface area contributed by atoms with Crippen LogP contribution in [0.15, 0.2) is 24.3 Å². The number of hydrogen-bond acceptors (Lipinski definition) is 5. The number of anilines is 1. The minimum Gasteiger partial charge on any atom is -0.346 e. The lowest BCUT2D eigenvalue weighted by Crippen LogP contribution is -2.34. The molecule has 0 spiro atoms. The fourth-order valence-corrected chi connectivity index (χ4v) is 4.76. The van der Waals surface area contributed by atoms with Crippen molar-refractivity contribution in [3.63, 3.8) is 0 Å². The Kier molecular flexibility index (Phi) is 3.75. The molecule has 4 rings (SSSR count). The molecule has 2 aliphatic heterocycles. The third kappa shape index (κ3) is 2.56. The number of likely N-dealkylation sites (tertiary alicyclic amines) is 1. The molecule has 0 N–H and O–H groups in total.